The third-order valence-corrected chi connectivity index (χ3v) is 1.25. The van der Waals surface area contributed by atoms with Crippen LogP contribution >= 0.6 is 0 Å². The van der Waals surface area contributed by atoms with Gasteiger partial charge in [-0.15, -0.1) is 0 Å². The highest BCUT2D eigenvalue weighted by atomic mass is 14.6. The Labute approximate surface area is 60.7 Å². The normalized spacial score (nSPS) is 8.80. The summed E-state index contributed by atoms with van der Waals surface area (Å²) in [6, 6.07) is 3.83. The molecular formula is C9H9N. The lowest BCUT2D eigenvalue weighted by atomic mass is 10.2. The minimum atomic E-state index is 0.886. The second kappa shape index (κ2) is 2.97. The molecule has 1 heteroatoms. The summed E-state index contributed by atoms with van der Waals surface area (Å²) in [5, 5.41) is 0. The molecule has 0 aliphatic heterocycles. The minimum Gasteiger partial charge on any atom is -0.257 e. The highest BCUT2D eigenvalue weighted by molar-refractivity contribution is 5.52. The Hall–Kier alpha value is -1.37. The van der Waals surface area contributed by atoms with E-state index in [0.29, 0.717) is 0 Å². The van der Waals surface area contributed by atoms with Crippen molar-refractivity contribution < 1.29 is 0 Å². The maximum atomic E-state index is 4.04. The standard InChI is InChI=1S/C9H9N/c1-3-8-5-6-10-9(4-2)7-8/h3-7H,1-2H2. The van der Waals surface area contributed by atoms with Gasteiger partial charge in [-0.3, -0.25) is 4.98 Å². The molecule has 0 saturated carbocycles. The van der Waals surface area contributed by atoms with Gasteiger partial charge in [0.25, 0.3) is 0 Å². The lowest BCUT2D eigenvalue weighted by Gasteiger charge is -1.92. The fourth-order valence-electron chi connectivity index (χ4n) is 0.704. The van der Waals surface area contributed by atoms with E-state index in [1.165, 1.54) is 0 Å². The third kappa shape index (κ3) is 1.32. The molecule has 1 aromatic rings. The Balaban J connectivity index is 3.09. The molecule has 0 aromatic carbocycles. The average Bonchev–Trinajstić information content (AvgIpc) is 2.05. The van der Waals surface area contributed by atoms with Crippen LogP contribution in [0.1, 0.15) is 11.3 Å². The van der Waals surface area contributed by atoms with Gasteiger partial charge in [-0.05, 0) is 23.8 Å². The first-order valence-electron chi connectivity index (χ1n) is 3.08. The zero-order valence-electron chi connectivity index (χ0n) is 5.75. The fourth-order valence-corrected chi connectivity index (χ4v) is 0.704. The summed E-state index contributed by atoms with van der Waals surface area (Å²) in [6.45, 7) is 7.25. The molecule has 0 atom stereocenters. The topological polar surface area (TPSA) is 12.9 Å². The summed E-state index contributed by atoms with van der Waals surface area (Å²) < 4.78 is 0. The van der Waals surface area contributed by atoms with Gasteiger partial charge in [-0.25, -0.2) is 0 Å². The molecule has 0 N–H and O–H groups in total. The largest absolute Gasteiger partial charge is 0.257 e. The van der Waals surface area contributed by atoms with Crippen molar-refractivity contribution >= 4 is 12.2 Å². The molecule has 0 spiro atoms. The summed E-state index contributed by atoms with van der Waals surface area (Å²) in [5.41, 5.74) is 1.96. The zero-order chi connectivity index (χ0) is 7.40. The van der Waals surface area contributed by atoms with E-state index in [-0.39, 0.29) is 0 Å². The summed E-state index contributed by atoms with van der Waals surface area (Å²) in [6.07, 6.45) is 5.25. The molecule has 0 amide bonds. The molecule has 0 unspecified atom stereocenters. The van der Waals surface area contributed by atoms with Crippen LogP contribution in [-0.2, 0) is 0 Å². The van der Waals surface area contributed by atoms with E-state index in [0.717, 1.165) is 11.3 Å². The number of pyridine rings is 1. The first-order chi connectivity index (χ1) is 4.86. The molecule has 1 heterocycles. The molecule has 0 bridgehead atoms. The molecular weight excluding hydrogens is 122 g/mol. The maximum absolute atomic E-state index is 4.04. The smallest absolute Gasteiger partial charge is 0.0629 e. The van der Waals surface area contributed by atoms with Crippen LogP contribution in [0.15, 0.2) is 31.5 Å². The lowest BCUT2D eigenvalue weighted by molar-refractivity contribution is 1.29. The Kier molecular flexibility index (Phi) is 2.00. The van der Waals surface area contributed by atoms with Crippen molar-refractivity contribution in [3.63, 3.8) is 0 Å². The van der Waals surface area contributed by atoms with Crippen LogP contribution in [0, 0.1) is 0 Å². The molecule has 10 heavy (non-hydrogen) atoms. The molecule has 1 nitrogen and oxygen atoms in total. The maximum Gasteiger partial charge on any atom is 0.0629 e. The predicted octanol–water partition coefficient (Wildman–Crippen LogP) is 2.37. The SMILES string of the molecule is C=Cc1ccnc(C=C)c1. The van der Waals surface area contributed by atoms with Crippen LogP contribution < -0.4 is 0 Å². The highest BCUT2D eigenvalue weighted by Crippen LogP contribution is 2.02. The number of aromatic nitrogens is 1. The minimum absolute atomic E-state index is 0.886. The van der Waals surface area contributed by atoms with E-state index < -0.39 is 0 Å². The van der Waals surface area contributed by atoms with Gasteiger partial charge in [-0.1, -0.05) is 19.2 Å². The molecule has 0 aliphatic carbocycles. The summed E-state index contributed by atoms with van der Waals surface area (Å²) in [4.78, 5) is 4.04. The van der Waals surface area contributed by atoms with Crippen molar-refractivity contribution in [3.05, 3.63) is 42.7 Å². The Morgan fingerprint density at radius 3 is 2.70 bits per heavy atom. The molecule has 0 radical (unpaired) electrons. The van der Waals surface area contributed by atoms with Crippen molar-refractivity contribution in [2.75, 3.05) is 0 Å². The fraction of sp³-hybridized carbons (Fsp3) is 0. The second-order valence-corrected chi connectivity index (χ2v) is 1.92. The van der Waals surface area contributed by atoms with Crippen LogP contribution in [0.3, 0.4) is 0 Å². The van der Waals surface area contributed by atoms with Crippen LogP contribution in [-0.4, -0.2) is 4.98 Å². The Bertz CT molecular complexity index is 227. The van der Waals surface area contributed by atoms with Crippen molar-refractivity contribution in [2.45, 2.75) is 0 Å². The van der Waals surface area contributed by atoms with E-state index in [4.69, 9.17) is 0 Å². The molecule has 50 valence electrons. The summed E-state index contributed by atoms with van der Waals surface area (Å²) >= 11 is 0. The monoisotopic (exact) mass is 131 g/mol. The Morgan fingerprint density at radius 1 is 1.30 bits per heavy atom. The Morgan fingerprint density at radius 2 is 2.10 bits per heavy atom. The molecule has 0 aliphatic rings. The van der Waals surface area contributed by atoms with Gasteiger partial charge in [0.1, 0.15) is 0 Å². The van der Waals surface area contributed by atoms with E-state index in [1.807, 2.05) is 12.1 Å². The van der Waals surface area contributed by atoms with Crippen molar-refractivity contribution in [3.8, 4) is 0 Å². The van der Waals surface area contributed by atoms with E-state index in [9.17, 15) is 0 Å². The molecule has 1 aromatic heterocycles. The first kappa shape index (κ1) is 6.75. The number of hydrogen-bond donors (Lipinski definition) is 0. The lowest BCUT2D eigenvalue weighted by Crippen LogP contribution is -1.79. The van der Waals surface area contributed by atoms with E-state index >= 15 is 0 Å². The number of nitrogens with zero attached hydrogens (tertiary/aromatic N) is 1. The van der Waals surface area contributed by atoms with Crippen molar-refractivity contribution in [1.29, 1.82) is 0 Å². The molecule has 0 fully saturated rings. The van der Waals surface area contributed by atoms with Crippen LogP contribution in [0.5, 0.6) is 0 Å². The first-order valence-corrected chi connectivity index (χ1v) is 3.08. The molecule has 1 rings (SSSR count). The van der Waals surface area contributed by atoms with E-state index in [1.54, 1.807) is 18.3 Å². The van der Waals surface area contributed by atoms with Gasteiger partial charge in [0.2, 0.25) is 0 Å². The van der Waals surface area contributed by atoms with Gasteiger partial charge < -0.3 is 0 Å². The quantitative estimate of drug-likeness (QED) is 0.600. The van der Waals surface area contributed by atoms with Gasteiger partial charge >= 0.3 is 0 Å². The van der Waals surface area contributed by atoms with Gasteiger partial charge in [-0.2, -0.15) is 0 Å². The van der Waals surface area contributed by atoms with E-state index in [2.05, 4.69) is 18.1 Å². The summed E-state index contributed by atoms with van der Waals surface area (Å²) in [7, 11) is 0. The van der Waals surface area contributed by atoms with Gasteiger partial charge in [0, 0.05) is 6.20 Å². The zero-order valence-corrected chi connectivity index (χ0v) is 5.75. The van der Waals surface area contributed by atoms with Crippen LogP contribution in [0.25, 0.3) is 12.2 Å². The third-order valence-electron chi connectivity index (χ3n) is 1.25. The summed E-state index contributed by atoms with van der Waals surface area (Å²) in [5.74, 6) is 0. The highest BCUT2D eigenvalue weighted by Gasteiger charge is 1.86. The van der Waals surface area contributed by atoms with Gasteiger partial charge in [0.15, 0.2) is 0 Å². The predicted molar refractivity (Wildman–Crippen MR) is 44.4 cm³/mol. The van der Waals surface area contributed by atoms with Crippen molar-refractivity contribution in [2.24, 2.45) is 0 Å². The van der Waals surface area contributed by atoms with Crippen molar-refractivity contribution in [1.82, 2.24) is 4.98 Å². The second-order valence-electron chi connectivity index (χ2n) is 1.92. The van der Waals surface area contributed by atoms with Crippen LogP contribution in [0.2, 0.25) is 0 Å². The number of hydrogen-bond acceptors (Lipinski definition) is 1. The van der Waals surface area contributed by atoms with Crippen LogP contribution in [0.4, 0.5) is 0 Å². The number of rotatable bonds is 2. The van der Waals surface area contributed by atoms with Gasteiger partial charge in [0.05, 0.1) is 5.69 Å². The molecule has 0 saturated heterocycles. The average molecular weight is 131 g/mol.